The molecular weight excluding hydrogens is 393 g/mol. The molecule has 2 aliphatic rings. The van der Waals surface area contributed by atoms with Crippen molar-refractivity contribution in [3.05, 3.63) is 64.5 Å². The van der Waals surface area contributed by atoms with Crippen molar-refractivity contribution in [2.45, 2.75) is 50.2 Å². The summed E-state index contributed by atoms with van der Waals surface area (Å²) < 4.78 is 25.4. The van der Waals surface area contributed by atoms with Crippen LogP contribution < -0.4 is 4.74 Å². The number of fused-ring (bicyclic) bond motifs is 1. The van der Waals surface area contributed by atoms with Gasteiger partial charge in [0.05, 0.1) is 13.7 Å². The van der Waals surface area contributed by atoms with Crippen LogP contribution in [0.15, 0.2) is 36.4 Å². The number of halogens is 1. The van der Waals surface area contributed by atoms with Gasteiger partial charge in [0.25, 0.3) is 0 Å². The van der Waals surface area contributed by atoms with Crippen LogP contribution in [0, 0.1) is 5.82 Å². The number of nitrogens with zero attached hydrogens (tertiary/aromatic N) is 1. The van der Waals surface area contributed by atoms with Crippen LogP contribution in [-0.4, -0.2) is 63.5 Å². The second kappa shape index (κ2) is 8.58. The molecule has 2 heterocycles. The fourth-order valence-corrected chi connectivity index (χ4v) is 4.19. The van der Waals surface area contributed by atoms with Crippen molar-refractivity contribution in [1.82, 2.24) is 4.90 Å². The molecule has 2 aliphatic heterocycles. The molecule has 4 N–H and O–H groups in total. The molecule has 0 aromatic heterocycles. The lowest BCUT2D eigenvalue weighted by molar-refractivity contribution is -0.231. The van der Waals surface area contributed by atoms with Crippen LogP contribution in [0.1, 0.15) is 28.4 Å². The zero-order chi connectivity index (χ0) is 21.4. The zero-order valence-corrected chi connectivity index (χ0v) is 16.6. The Morgan fingerprint density at radius 1 is 1.03 bits per heavy atom. The first-order valence-corrected chi connectivity index (χ1v) is 9.88. The predicted octanol–water partition coefficient (Wildman–Crippen LogP) is 0.865. The molecule has 0 saturated carbocycles. The molecule has 4 rings (SSSR count). The van der Waals surface area contributed by atoms with E-state index in [9.17, 15) is 24.8 Å². The van der Waals surface area contributed by atoms with Gasteiger partial charge in [-0.15, -0.1) is 0 Å². The van der Waals surface area contributed by atoms with Crippen molar-refractivity contribution in [3.8, 4) is 5.75 Å². The second-order valence-corrected chi connectivity index (χ2v) is 7.88. The van der Waals surface area contributed by atoms with E-state index in [2.05, 4.69) is 4.90 Å². The van der Waals surface area contributed by atoms with Crippen LogP contribution in [0.25, 0.3) is 0 Å². The highest BCUT2D eigenvalue weighted by atomic mass is 19.1. The summed E-state index contributed by atoms with van der Waals surface area (Å²) in [7, 11) is 1.62. The minimum absolute atomic E-state index is 0.355. The van der Waals surface area contributed by atoms with E-state index >= 15 is 0 Å². The molecule has 0 radical (unpaired) electrons. The highest BCUT2D eigenvalue weighted by Gasteiger charge is 2.44. The maximum Gasteiger partial charge on any atom is 0.127 e. The molecule has 2 aromatic rings. The third-order valence-electron chi connectivity index (χ3n) is 5.89. The van der Waals surface area contributed by atoms with E-state index < -0.39 is 37.1 Å². The summed E-state index contributed by atoms with van der Waals surface area (Å²) in [4.78, 5) is 2.10. The minimum Gasteiger partial charge on any atom is -0.497 e. The number of methoxy groups -OCH3 is 1. The van der Waals surface area contributed by atoms with Gasteiger partial charge in [0.1, 0.15) is 42.1 Å². The summed E-state index contributed by atoms with van der Waals surface area (Å²) in [6.07, 6.45) is -6.30. The SMILES string of the molecule is COc1ccc2c(c1)CN(Cc1cc(C3OC(CO)C(O)C(O)C3O)ccc1F)C2. The topological polar surface area (TPSA) is 103 Å². The van der Waals surface area contributed by atoms with Gasteiger partial charge in [-0.25, -0.2) is 4.39 Å². The molecule has 8 heteroatoms. The summed E-state index contributed by atoms with van der Waals surface area (Å²) in [6, 6.07) is 10.3. The van der Waals surface area contributed by atoms with Gasteiger partial charge in [-0.1, -0.05) is 12.1 Å². The Kier molecular flexibility index (Phi) is 6.06. The standard InChI is InChI=1S/C22H26FNO6/c1-29-16-4-2-13-8-24(9-14(13)7-16)10-15-6-12(3-5-17(15)23)22-21(28)20(27)19(26)18(11-25)30-22/h2-7,18-22,25-28H,8-11H2,1H3. The number of hydrogen-bond donors (Lipinski definition) is 4. The summed E-state index contributed by atoms with van der Waals surface area (Å²) >= 11 is 0. The van der Waals surface area contributed by atoms with Crippen LogP contribution >= 0.6 is 0 Å². The Morgan fingerprint density at radius 3 is 2.53 bits per heavy atom. The number of benzene rings is 2. The summed E-state index contributed by atoms with van der Waals surface area (Å²) in [5.74, 6) is 0.406. The van der Waals surface area contributed by atoms with E-state index in [0.717, 1.165) is 11.3 Å². The largest absolute Gasteiger partial charge is 0.497 e. The van der Waals surface area contributed by atoms with E-state index in [-0.39, 0.29) is 5.82 Å². The van der Waals surface area contributed by atoms with Crippen LogP contribution in [0.4, 0.5) is 4.39 Å². The second-order valence-electron chi connectivity index (χ2n) is 7.88. The highest BCUT2D eigenvalue weighted by molar-refractivity contribution is 5.38. The molecule has 30 heavy (non-hydrogen) atoms. The first kappa shape index (κ1) is 21.2. The van der Waals surface area contributed by atoms with Gasteiger partial charge in [0.2, 0.25) is 0 Å². The Morgan fingerprint density at radius 2 is 1.80 bits per heavy atom. The Labute approximate surface area is 173 Å². The van der Waals surface area contributed by atoms with Crippen LogP contribution in [0.3, 0.4) is 0 Å². The fraction of sp³-hybridized carbons (Fsp3) is 0.455. The molecular formula is C22H26FNO6. The molecule has 5 unspecified atom stereocenters. The Bertz CT molecular complexity index is 907. The van der Waals surface area contributed by atoms with Crippen molar-refractivity contribution < 1.29 is 34.3 Å². The molecule has 162 valence electrons. The molecule has 1 fully saturated rings. The molecule has 0 amide bonds. The van der Waals surface area contributed by atoms with Gasteiger partial charge in [-0.3, -0.25) is 4.90 Å². The lowest BCUT2D eigenvalue weighted by Crippen LogP contribution is -2.55. The molecule has 0 aliphatic carbocycles. The first-order chi connectivity index (χ1) is 14.4. The number of ether oxygens (including phenoxy) is 2. The molecule has 7 nitrogen and oxygen atoms in total. The maximum atomic E-state index is 14.5. The number of aliphatic hydroxyl groups is 4. The molecule has 5 atom stereocenters. The summed E-state index contributed by atoms with van der Waals surface area (Å²) in [6.45, 7) is 1.19. The van der Waals surface area contributed by atoms with Gasteiger partial charge >= 0.3 is 0 Å². The third-order valence-corrected chi connectivity index (χ3v) is 5.89. The fourth-order valence-electron chi connectivity index (χ4n) is 4.19. The average Bonchev–Trinajstić information content (AvgIpc) is 3.15. The Balaban J connectivity index is 1.53. The van der Waals surface area contributed by atoms with Crippen LogP contribution in [-0.2, 0) is 24.4 Å². The molecule has 2 aromatic carbocycles. The van der Waals surface area contributed by atoms with Crippen LogP contribution in [0.5, 0.6) is 5.75 Å². The zero-order valence-electron chi connectivity index (χ0n) is 16.6. The maximum absolute atomic E-state index is 14.5. The first-order valence-electron chi connectivity index (χ1n) is 9.88. The predicted molar refractivity (Wildman–Crippen MR) is 105 cm³/mol. The number of hydrogen-bond acceptors (Lipinski definition) is 7. The van der Waals surface area contributed by atoms with Crippen molar-refractivity contribution in [2.75, 3.05) is 13.7 Å². The normalized spacial score (nSPS) is 29.1. The van der Waals surface area contributed by atoms with Crippen molar-refractivity contribution >= 4 is 0 Å². The lowest BCUT2D eigenvalue weighted by atomic mass is 9.90. The highest BCUT2D eigenvalue weighted by Crippen LogP contribution is 2.34. The molecule has 0 bridgehead atoms. The summed E-state index contributed by atoms with van der Waals surface area (Å²) in [5, 5.41) is 39.7. The van der Waals surface area contributed by atoms with E-state index in [1.807, 2.05) is 18.2 Å². The van der Waals surface area contributed by atoms with Crippen molar-refractivity contribution in [3.63, 3.8) is 0 Å². The van der Waals surface area contributed by atoms with Crippen LogP contribution in [0.2, 0.25) is 0 Å². The van der Waals surface area contributed by atoms with Crippen molar-refractivity contribution in [2.24, 2.45) is 0 Å². The van der Waals surface area contributed by atoms with Gasteiger partial charge in [0, 0.05) is 25.2 Å². The smallest absolute Gasteiger partial charge is 0.127 e. The lowest BCUT2D eigenvalue weighted by Gasteiger charge is -2.40. The third kappa shape index (κ3) is 3.94. The van der Waals surface area contributed by atoms with Gasteiger partial charge < -0.3 is 29.9 Å². The van der Waals surface area contributed by atoms with E-state index in [4.69, 9.17) is 9.47 Å². The molecule has 1 saturated heterocycles. The number of aliphatic hydroxyl groups excluding tert-OH is 4. The van der Waals surface area contributed by atoms with Gasteiger partial charge in [0.15, 0.2) is 0 Å². The number of rotatable bonds is 5. The minimum atomic E-state index is -1.47. The quantitative estimate of drug-likeness (QED) is 0.570. The van der Waals surface area contributed by atoms with E-state index in [1.165, 1.54) is 17.7 Å². The van der Waals surface area contributed by atoms with Gasteiger partial charge in [-0.05, 0) is 41.0 Å². The summed E-state index contributed by atoms with van der Waals surface area (Å²) in [5.41, 5.74) is 3.21. The van der Waals surface area contributed by atoms with E-state index in [1.54, 1.807) is 13.2 Å². The van der Waals surface area contributed by atoms with E-state index in [0.29, 0.717) is 30.8 Å². The Hall–Kier alpha value is -2.07. The van der Waals surface area contributed by atoms with Crippen molar-refractivity contribution in [1.29, 1.82) is 0 Å². The average molecular weight is 419 g/mol. The van der Waals surface area contributed by atoms with Gasteiger partial charge in [-0.2, -0.15) is 0 Å². The molecule has 0 spiro atoms. The monoisotopic (exact) mass is 419 g/mol.